The normalized spacial score (nSPS) is 12.0. The van der Waals surface area contributed by atoms with E-state index in [0.29, 0.717) is 12.0 Å². The number of carbonyl (C=O) groups excluding carboxylic acids is 1. The zero-order valence-electron chi connectivity index (χ0n) is 14.7. The molecule has 3 aromatic rings. The minimum Gasteiger partial charge on any atom is -0.345 e. The van der Waals surface area contributed by atoms with E-state index in [-0.39, 0.29) is 11.9 Å². The lowest BCUT2D eigenvalue weighted by Crippen LogP contribution is -2.31. The smallest absolute Gasteiger partial charge is 0.255 e. The molecule has 2 aromatic heterocycles. The van der Waals surface area contributed by atoms with Gasteiger partial charge in [-0.3, -0.25) is 14.5 Å². The Bertz CT molecular complexity index is 856. The van der Waals surface area contributed by atoms with E-state index in [1.54, 1.807) is 10.9 Å². The summed E-state index contributed by atoms with van der Waals surface area (Å²) in [5.74, 6) is -0.104. The Kier molecular flexibility index (Phi) is 4.93. The van der Waals surface area contributed by atoms with E-state index in [1.807, 2.05) is 69.4 Å². The molecule has 1 aromatic carbocycles. The summed E-state index contributed by atoms with van der Waals surface area (Å²) in [6, 6.07) is 15.7. The third kappa shape index (κ3) is 3.76. The number of rotatable bonds is 5. The van der Waals surface area contributed by atoms with Crippen LogP contribution in [0, 0.1) is 13.8 Å². The van der Waals surface area contributed by atoms with Crippen molar-refractivity contribution in [3.8, 4) is 0 Å². The fourth-order valence-corrected chi connectivity index (χ4v) is 3.00. The molecule has 0 spiro atoms. The van der Waals surface area contributed by atoms with Crippen LogP contribution in [0.3, 0.4) is 0 Å². The third-order valence-electron chi connectivity index (χ3n) is 4.38. The predicted octanol–water partition coefficient (Wildman–Crippen LogP) is 3.15. The van der Waals surface area contributed by atoms with E-state index >= 15 is 0 Å². The van der Waals surface area contributed by atoms with Crippen molar-refractivity contribution in [3.05, 3.63) is 82.9 Å². The van der Waals surface area contributed by atoms with Crippen molar-refractivity contribution in [3.63, 3.8) is 0 Å². The summed E-state index contributed by atoms with van der Waals surface area (Å²) in [6.45, 7) is 3.77. The quantitative estimate of drug-likeness (QED) is 0.780. The topological polar surface area (TPSA) is 59.8 Å². The van der Waals surface area contributed by atoms with Gasteiger partial charge in [-0.2, -0.15) is 5.10 Å². The Balaban J connectivity index is 1.88. The molecule has 0 saturated heterocycles. The monoisotopic (exact) mass is 334 g/mol. The van der Waals surface area contributed by atoms with E-state index in [2.05, 4.69) is 15.4 Å². The molecular weight excluding hydrogens is 312 g/mol. The number of nitrogens with one attached hydrogen (secondary N) is 1. The highest BCUT2D eigenvalue weighted by molar-refractivity contribution is 5.96. The van der Waals surface area contributed by atoms with Gasteiger partial charge in [0.05, 0.1) is 17.3 Å². The van der Waals surface area contributed by atoms with Crippen molar-refractivity contribution in [2.24, 2.45) is 7.05 Å². The number of aryl methyl sites for hydroxylation is 2. The van der Waals surface area contributed by atoms with Crippen LogP contribution in [0.5, 0.6) is 0 Å². The number of benzene rings is 1. The van der Waals surface area contributed by atoms with Gasteiger partial charge in [0, 0.05) is 31.1 Å². The molecule has 1 amide bonds. The zero-order valence-corrected chi connectivity index (χ0v) is 14.7. The first-order valence-electron chi connectivity index (χ1n) is 8.32. The van der Waals surface area contributed by atoms with E-state index in [9.17, 15) is 4.79 Å². The number of hydrogen-bond donors (Lipinski definition) is 1. The van der Waals surface area contributed by atoms with Crippen LogP contribution in [0.2, 0.25) is 0 Å². The largest absolute Gasteiger partial charge is 0.345 e. The van der Waals surface area contributed by atoms with Crippen LogP contribution in [-0.2, 0) is 13.5 Å². The first-order chi connectivity index (χ1) is 12.1. The molecule has 1 atom stereocenters. The molecule has 0 aliphatic carbocycles. The van der Waals surface area contributed by atoms with Gasteiger partial charge in [0.15, 0.2) is 0 Å². The third-order valence-corrected chi connectivity index (χ3v) is 4.38. The van der Waals surface area contributed by atoms with Crippen LogP contribution in [0.15, 0.2) is 54.7 Å². The molecule has 1 unspecified atom stereocenters. The van der Waals surface area contributed by atoms with Crippen LogP contribution in [0.25, 0.3) is 0 Å². The van der Waals surface area contributed by atoms with Crippen molar-refractivity contribution < 1.29 is 4.79 Å². The standard InChI is InChI=1S/C20H22N4O/c1-14-19(15(2)24(3)23-14)20(25)22-18(16-9-5-4-6-10-16)13-17-11-7-8-12-21-17/h4-12,18H,13H2,1-3H3,(H,22,25). The Morgan fingerprint density at radius 3 is 2.44 bits per heavy atom. The highest BCUT2D eigenvalue weighted by Gasteiger charge is 2.22. The summed E-state index contributed by atoms with van der Waals surface area (Å²) < 4.78 is 1.74. The summed E-state index contributed by atoms with van der Waals surface area (Å²) >= 11 is 0. The lowest BCUT2D eigenvalue weighted by molar-refractivity contribution is 0.0935. The first-order valence-corrected chi connectivity index (χ1v) is 8.32. The molecule has 0 saturated carbocycles. The summed E-state index contributed by atoms with van der Waals surface area (Å²) in [6.07, 6.45) is 2.41. The molecule has 5 nitrogen and oxygen atoms in total. The minimum atomic E-state index is -0.150. The van der Waals surface area contributed by atoms with Crippen molar-refractivity contribution in [2.45, 2.75) is 26.3 Å². The molecule has 0 radical (unpaired) electrons. The highest BCUT2D eigenvalue weighted by Crippen LogP contribution is 2.20. The van der Waals surface area contributed by atoms with Gasteiger partial charge in [-0.1, -0.05) is 36.4 Å². The second-order valence-electron chi connectivity index (χ2n) is 6.13. The van der Waals surface area contributed by atoms with Crippen LogP contribution in [0.4, 0.5) is 0 Å². The Morgan fingerprint density at radius 2 is 1.84 bits per heavy atom. The average Bonchev–Trinajstić information content (AvgIpc) is 2.88. The van der Waals surface area contributed by atoms with Gasteiger partial charge in [0.2, 0.25) is 0 Å². The van der Waals surface area contributed by atoms with Crippen LogP contribution in [-0.4, -0.2) is 20.7 Å². The average molecular weight is 334 g/mol. The molecule has 2 heterocycles. The van der Waals surface area contributed by atoms with E-state index in [1.165, 1.54) is 0 Å². The zero-order chi connectivity index (χ0) is 17.8. The Labute approximate surface area is 147 Å². The number of aromatic nitrogens is 3. The van der Waals surface area contributed by atoms with Gasteiger partial charge in [0.1, 0.15) is 0 Å². The van der Waals surface area contributed by atoms with Crippen LogP contribution in [0.1, 0.15) is 39.0 Å². The molecule has 3 rings (SSSR count). The summed E-state index contributed by atoms with van der Waals surface area (Å²) in [4.78, 5) is 17.3. The van der Waals surface area contributed by atoms with E-state index < -0.39 is 0 Å². The van der Waals surface area contributed by atoms with Gasteiger partial charge in [-0.25, -0.2) is 0 Å². The van der Waals surface area contributed by atoms with Gasteiger partial charge in [0.25, 0.3) is 5.91 Å². The van der Waals surface area contributed by atoms with Gasteiger partial charge in [-0.15, -0.1) is 0 Å². The fraction of sp³-hybridized carbons (Fsp3) is 0.250. The lowest BCUT2D eigenvalue weighted by atomic mass is 10.0. The number of carbonyl (C=O) groups is 1. The van der Waals surface area contributed by atoms with E-state index in [0.717, 1.165) is 22.6 Å². The maximum absolute atomic E-state index is 12.9. The maximum Gasteiger partial charge on any atom is 0.255 e. The molecule has 25 heavy (non-hydrogen) atoms. The SMILES string of the molecule is Cc1nn(C)c(C)c1C(=O)NC(Cc1ccccn1)c1ccccc1. The summed E-state index contributed by atoms with van der Waals surface area (Å²) in [7, 11) is 1.85. The molecule has 0 bridgehead atoms. The summed E-state index contributed by atoms with van der Waals surface area (Å²) in [5, 5.41) is 7.50. The molecular formula is C20H22N4O. The predicted molar refractivity (Wildman–Crippen MR) is 97.3 cm³/mol. The molecule has 0 aliphatic heterocycles. The van der Waals surface area contributed by atoms with Crippen LogP contribution < -0.4 is 5.32 Å². The number of hydrogen-bond acceptors (Lipinski definition) is 3. The molecule has 5 heteroatoms. The minimum absolute atomic E-state index is 0.104. The number of amides is 1. The lowest BCUT2D eigenvalue weighted by Gasteiger charge is -2.19. The van der Waals surface area contributed by atoms with Gasteiger partial charge >= 0.3 is 0 Å². The number of pyridine rings is 1. The van der Waals surface area contributed by atoms with E-state index in [4.69, 9.17) is 0 Å². The maximum atomic E-state index is 12.9. The van der Waals surface area contributed by atoms with Crippen molar-refractivity contribution in [1.29, 1.82) is 0 Å². The van der Waals surface area contributed by atoms with Gasteiger partial charge < -0.3 is 5.32 Å². The molecule has 1 N–H and O–H groups in total. The molecule has 0 fully saturated rings. The Morgan fingerprint density at radius 1 is 1.12 bits per heavy atom. The molecule has 128 valence electrons. The van der Waals surface area contributed by atoms with Crippen molar-refractivity contribution in [2.75, 3.05) is 0 Å². The second-order valence-corrected chi connectivity index (χ2v) is 6.13. The first kappa shape index (κ1) is 16.9. The highest BCUT2D eigenvalue weighted by atomic mass is 16.1. The fourth-order valence-electron chi connectivity index (χ4n) is 3.00. The molecule has 0 aliphatic rings. The number of nitrogens with zero attached hydrogens (tertiary/aromatic N) is 3. The Hall–Kier alpha value is -2.95. The van der Waals surface area contributed by atoms with Crippen LogP contribution >= 0.6 is 0 Å². The van der Waals surface area contributed by atoms with Gasteiger partial charge in [-0.05, 0) is 31.5 Å². The second kappa shape index (κ2) is 7.30. The summed E-state index contributed by atoms with van der Waals surface area (Å²) in [5.41, 5.74) is 4.24. The van der Waals surface area contributed by atoms with Crippen molar-refractivity contribution >= 4 is 5.91 Å². The van der Waals surface area contributed by atoms with Crippen molar-refractivity contribution in [1.82, 2.24) is 20.1 Å².